The van der Waals surface area contributed by atoms with Crippen molar-refractivity contribution in [3.63, 3.8) is 0 Å². The highest BCUT2D eigenvalue weighted by Crippen LogP contribution is 2.76. The first-order valence-electron chi connectivity index (χ1n) is 20.9. The monoisotopic (exact) mass is 796 g/mol. The summed E-state index contributed by atoms with van der Waals surface area (Å²) in [6.45, 7) is 15.2. The molecule has 5 aliphatic carbocycles. The van der Waals surface area contributed by atoms with Crippen molar-refractivity contribution in [2.45, 2.75) is 180 Å². The molecule has 7 rings (SSSR count). The van der Waals surface area contributed by atoms with E-state index in [-0.39, 0.29) is 45.7 Å². The minimum Gasteiger partial charge on any atom is -0.479 e. The van der Waals surface area contributed by atoms with Gasteiger partial charge >= 0.3 is 5.97 Å². The van der Waals surface area contributed by atoms with Crippen LogP contribution in [0.25, 0.3) is 0 Å². The molecule has 9 N–H and O–H groups in total. The summed E-state index contributed by atoms with van der Waals surface area (Å²) in [4.78, 5) is 12.2. The fourth-order valence-corrected chi connectivity index (χ4v) is 13.7. The van der Waals surface area contributed by atoms with Crippen LogP contribution in [0.1, 0.15) is 106 Å². The highest BCUT2D eigenvalue weighted by Gasteiger charge is 2.69. The zero-order chi connectivity index (χ0) is 41.1. The second-order valence-corrected chi connectivity index (χ2v) is 20.8. The molecule has 0 aromatic heterocycles. The van der Waals surface area contributed by atoms with Gasteiger partial charge in [0.15, 0.2) is 18.7 Å². The molecule has 7 aliphatic rings. The van der Waals surface area contributed by atoms with Gasteiger partial charge in [0.1, 0.15) is 42.7 Å². The largest absolute Gasteiger partial charge is 0.479 e. The zero-order valence-corrected chi connectivity index (χ0v) is 34.1. The highest BCUT2D eigenvalue weighted by molar-refractivity contribution is 5.73. The molecule has 2 aliphatic heterocycles. The van der Waals surface area contributed by atoms with Crippen LogP contribution in [0.15, 0.2) is 11.6 Å². The van der Waals surface area contributed by atoms with Crippen molar-refractivity contribution in [1.29, 1.82) is 0 Å². The van der Waals surface area contributed by atoms with E-state index < -0.39 is 85.5 Å². The zero-order valence-electron chi connectivity index (χ0n) is 34.1. The third kappa shape index (κ3) is 6.21. The summed E-state index contributed by atoms with van der Waals surface area (Å²) < 4.78 is 23.8. The number of fused-ring (bicyclic) bond motifs is 7. The minimum absolute atomic E-state index is 0.0149. The van der Waals surface area contributed by atoms with Crippen LogP contribution in [0.3, 0.4) is 0 Å². The Kier molecular flexibility index (Phi) is 11.0. The van der Waals surface area contributed by atoms with Crippen molar-refractivity contribution in [2.75, 3.05) is 13.2 Å². The molecule has 14 heteroatoms. The highest BCUT2D eigenvalue weighted by atomic mass is 16.8. The molecule has 2 heterocycles. The normalized spacial score (nSPS) is 55.5. The van der Waals surface area contributed by atoms with E-state index in [0.717, 1.165) is 51.4 Å². The van der Waals surface area contributed by atoms with E-state index in [1.54, 1.807) is 0 Å². The van der Waals surface area contributed by atoms with Gasteiger partial charge in [-0.05, 0) is 97.2 Å². The quantitative estimate of drug-likeness (QED) is 0.132. The molecule has 0 spiro atoms. The van der Waals surface area contributed by atoms with E-state index in [1.165, 1.54) is 5.57 Å². The lowest BCUT2D eigenvalue weighted by atomic mass is 9.33. The van der Waals surface area contributed by atoms with Crippen LogP contribution in [-0.2, 0) is 23.7 Å². The van der Waals surface area contributed by atoms with Gasteiger partial charge in [-0.25, -0.2) is 4.79 Å². The Morgan fingerprint density at radius 2 is 1.45 bits per heavy atom. The van der Waals surface area contributed by atoms with E-state index in [2.05, 4.69) is 47.6 Å². The van der Waals surface area contributed by atoms with E-state index >= 15 is 0 Å². The van der Waals surface area contributed by atoms with Crippen LogP contribution in [0.2, 0.25) is 0 Å². The third-order valence-electron chi connectivity index (χ3n) is 17.4. The summed E-state index contributed by atoms with van der Waals surface area (Å²) in [6, 6.07) is 0. The maximum atomic E-state index is 12.2. The standard InChI is InChI=1S/C42H68O14/c1-37(2)16-21-20-8-9-24-39(4)12-11-26(40(5,19-44)23(39)10-13-42(24,7)41(20,6)15-14-38(21,3)25(45)17-37)54-36-33(30(49)29(48)32(55-36)34(51)52)56-35-31(50)28(47)27(46)22(18-43)53-35/h8,21-33,35-36,43-50H,9-19H2,1-7H3,(H,51,52)/t21-,22-,23?,24?,25+,26?,27-,28+,29-,30+,31-,32+,33-,35+,36-,38-,39+,40?,41-,42-/m1/s1. The van der Waals surface area contributed by atoms with Crippen LogP contribution < -0.4 is 0 Å². The topological polar surface area (TPSA) is 236 Å². The summed E-state index contributed by atoms with van der Waals surface area (Å²) in [7, 11) is 0. The molecule has 0 aromatic carbocycles. The fraction of sp³-hybridized carbons (Fsp3) is 0.929. The Morgan fingerprint density at radius 1 is 0.750 bits per heavy atom. The number of aliphatic hydroxyl groups is 8. The average Bonchev–Trinajstić information content (AvgIpc) is 3.13. The number of carboxylic acids is 1. The van der Waals surface area contributed by atoms with Gasteiger partial charge in [-0.1, -0.05) is 60.1 Å². The predicted molar refractivity (Wildman–Crippen MR) is 199 cm³/mol. The molecule has 0 bridgehead atoms. The van der Waals surface area contributed by atoms with Crippen molar-refractivity contribution in [3.05, 3.63) is 11.6 Å². The third-order valence-corrected chi connectivity index (χ3v) is 17.4. The van der Waals surface area contributed by atoms with Crippen LogP contribution in [-0.4, -0.2) is 139 Å². The molecule has 20 atom stereocenters. The summed E-state index contributed by atoms with van der Waals surface area (Å²) in [5, 5.41) is 96.0. The van der Waals surface area contributed by atoms with Crippen molar-refractivity contribution in [2.24, 2.45) is 50.2 Å². The van der Waals surface area contributed by atoms with Gasteiger partial charge in [0.05, 0.1) is 25.4 Å². The first-order valence-corrected chi connectivity index (χ1v) is 20.9. The molecule has 320 valence electrons. The van der Waals surface area contributed by atoms with Gasteiger partial charge in [0.25, 0.3) is 0 Å². The van der Waals surface area contributed by atoms with Gasteiger partial charge < -0.3 is 64.9 Å². The molecular weight excluding hydrogens is 728 g/mol. The van der Waals surface area contributed by atoms with Crippen LogP contribution in [0.4, 0.5) is 0 Å². The number of carbonyl (C=O) groups is 1. The molecule has 2 saturated heterocycles. The molecule has 56 heavy (non-hydrogen) atoms. The van der Waals surface area contributed by atoms with Crippen molar-refractivity contribution in [3.8, 4) is 0 Å². The number of hydrogen-bond acceptors (Lipinski definition) is 13. The maximum Gasteiger partial charge on any atom is 0.335 e. The van der Waals surface area contributed by atoms with Crippen molar-refractivity contribution < 1.29 is 69.7 Å². The molecule has 4 unspecified atom stereocenters. The summed E-state index contributed by atoms with van der Waals surface area (Å²) in [5.41, 5.74) is 0.271. The van der Waals surface area contributed by atoms with Gasteiger partial charge in [-0.3, -0.25) is 0 Å². The molecule has 0 amide bonds. The second kappa shape index (κ2) is 14.4. The first kappa shape index (κ1) is 42.8. The SMILES string of the molecule is CC1(C)C[C@@H]2C3=CCC4[C@@]5(C)CCC(O[C@@H]6O[C@H](C(=O)O)[C@H](O)[C@H](O)[C@H]6O[C@@H]6O[C@H](CO)[C@@H](O)[C@H](O)[C@H]6O)C(C)(CO)C5CC[C@@]4(C)[C@]3(C)CC[C@@]2(C)[C@@H](O)C1. The minimum atomic E-state index is -1.97. The Bertz CT molecular complexity index is 1520. The van der Waals surface area contributed by atoms with Crippen LogP contribution in [0.5, 0.6) is 0 Å². The number of allylic oxidation sites excluding steroid dienone is 2. The lowest BCUT2D eigenvalue weighted by molar-refractivity contribution is -0.375. The average molecular weight is 797 g/mol. The van der Waals surface area contributed by atoms with Gasteiger partial charge in [-0.15, -0.1) is 0 Å². The van der Waals surface area contributed by atoms with E-state index in [4.69, 9.17) is 18.9 Å². The van der Waals surface area contributed by atoms with Crippen molar-refractivity contribution >= 4 is 5.97 Å². The van der Waals surface area contributed by atoms with Gasteiger partial charge in [-0.2, -0.15) is 0 Å². The molecular formula is C42H68O14. The first-order chi connectivity index (χ1) is 26.0. The molecule has 6 fully saturated rings. The summed E-state index contributed by atoms with van der Waals surface area (Å²) >= 11 is 0. The number of aliphatic carboxylic acids is 1. The summed E-state index contributed by atoms with van der Waals surface area (Å²) in [5.74, 6) is -0.954. The van der Waals surface area contributed by atoms with E-state index in [1.807, 2.05) is 6.92 Å². The maximum absolute atomic E-state index is 12.2. The Hall–Kier alpha value is -1.27. The Labute approximate surface area is 330 Å². The smallest absolute Gasteiger partial charge is 0.335 e. The molecule has 0 aromatic rings. The van der Waals surface area contributed by atoms with Crippen LogP contribution in [0, 0.1) is 50.2 Å². The molecule has 4 saturated carbocycles. The van der Waals surface area contributed by atoms with Crippen molar-refractivity contribution in [1.82, 2.24) is 0 Å². The van der Waals surface area contributed by atoms with E-state index in [0.29, 0.717) is 18.3 Å². The Balaban J connectivity index is 1.17. The number of carboxylic acid groups (broad SMARTS) is 1. The van der Waals surface area contributed by atoms with E-state index in [9.17, 15) is 50.8 Å². The number of rotatable bonds is 7. The number of ether oxygens (including phenoxy) is 4. The van der Waals surface area contributed by atoms with Gasteiger partial charge in [0, 0.05) is 10.8 Å². The van der Waals surface area contributed by atoms with Gasteiger partial charge in [0.2, 0.25) is 0 Å². The predicted octanol–water partition coefficient (Wildman–Crippen LogP) is 1.85. The molecule has 14 nitrogen and oxygen atoms in total. The lowest BCUT2D eigenvalue weighted by Crippen LogP contribution is -2.68. The fourth-order valence-electron chi connectivity index (χ4n) is 13.7. The Morgan fingerprint density at radius 3 is 2.09 bits per heavy atom. The lowest BCUT2D eigenvalue weighted by Gasteiger charge is -2.72. The van der Waals surface area contributed by atoms with Crippen LogP contribution >= 0.6 is 0 Å². The molecule has 0 radical (unpaired) electrons. The number of aliphatic hydroxyl groups excluding tert-OH is 8. The second-order valence-electron chi connectivity index (χ2n) is 20.8. The number of hydrogen-bond donors (Lipinski definition) is 9. The summed E-state index contributed by atoms with van der Waals surface area (Å²) in [6.07, 6.45) is -8.23.